The van der Waals surface area contributed by atoms with Gasteiger partial charge in [0.05, 0.1) is 31.0 Å². The first-order valence-electron chi connectivity index (χ1n) is 8.34. The van der Waals surface area contributed by atoms with E-state index in [0.29, 0.717) is 25.4 Å². The number of nitrogens with one attached hydrogen (secondary N) is 2. The molecule has 2 atom stereocenters. The lowest BCUT2D eigenvalue weighted by molar-refractivity contribution is -0.0736. The lowest BCUT2D eigenvalue weighted by Crippen LogP contribution is -2.50. The molecule has 1 aromatic heterocycles. The van der Waals surface area contributed by atoms with Crippen molar-refractivity contribution in [2.75, 3.05) is 13.2 Å². The van der Waals surface area contributed by atoms with Crippen molar-refractivity contribution >= 4 is 5.91 Å². The van der Waals surface area contributed by atoms with E-state index in [9.17, 15) is 4.79 Å². The molecule has 0 bridgehead atoms. The van der Waals surface area contributed by atoms with Crippen LogP contribution in [0.1, 0.15) is 35.0 Å². The third kappa shape index (κ3) is 4.01. The Morgan fingerprint density at radius 1 is 1.42 bits per heavy atom. The standard InChI is InChI=1S/C18H23N3O3/c1-2-15-14(10-19-21-15)18(22)20-16-8-9-23-12-17(16)24-11-13-6-4-3-5-7-13/h3-7,10,16-17H,2,8-9,11-12H2,1H3,(H,19,21)(H,20,22)/t16-,17-/m1/s1. The number of aryl methyl sites for hydroxylation is 1. The van der Waals surface area contributed by atoms with Crippen molar-refractivity contribution in [3.8, 4) is 0 Å². The Hall–Kier alpha value is -2.18. The molecular weight excluding hydrogens is 306 g/mol. The lowest BCUT2D eigenvalue weighted by atomic mass is 10.0. The van der Waals surface area contributed by atoms with E-state index in [-0.39, 0.29) is 18.1 Å². The Labute approximate surface area is 141 Å². The monoisotopic (exact) mass is 329 g/mol. The van der Waals surface area contributed by atoms with E-state index in [2.05, 4.69) is 15.5 Å². The van der Waals surface area contributed by atoms with E-state index in [0.717, 1.165) is 24.1 Å². The van der Waals surface area contributed by atoms with Crippen LogP contribution in [-0.4, -0.2) is 41.5 Å². The number of hydrogen-bond donors (Lipinski definition) is 2. The van der Waals surface area contributed by atoms with Crippen LogP contribution >= 0.6 is 0 Å². The van der Waals surface area contributed by atoms with E-state index in [1.807, 2.05) is 37.3 Å². The van der Waals surface area contributed by atoms with Gasteiger partial charge >= 0.3 is 0 Å². The first-order valence-corrected chi connectivity index (χ1v) is 8.34. The smallest absolute Gasteiger partial charge is 0.255 e. The number of ether oxygens (including phenoxy) is 2. The predicted octanol–water partition coefficient (Wildman–Crippen LogP) is 2.08. The molecule has 24 heavy (non-hydrogen) atoms. The Bertz CT molecular complexity index is 657. The van der Waals surface area contributed by atoms with Crippen LogP contribution in [0.25, 0.3) is 0 Å². The second-order valence-corrected chi connectivity index (χ2v) is 5.89. The average molecular weight is 329 g/mol. The fourth-order valence-corrected chi connectivity index (χ4v) is 2.84. The van der Waals surface area contributed by atoms with Gasteiger partial charge in [0.2, 0.25) is 0 Å². The van der Waals surface area contributed by atoms with Gasteiger partial charge in [-0.15, -0.1) is 0 Å². The number of H-pyrrole nitrogens is 1. The molecule has 3 rings (SSSR count). The van der Waals surface area contributed by atoms with E-state index < -0.39 is 0 Å². The Kier molecular flexibility index (Phi) is 5.61. The molecule has 1 aliphatic rings. The molecule has 128 valence electrons. The third-order valence-electron chi connectivity index (χ3n) is 4.24. The second-order valence-electron chi connectivity index (χ2n) is 5.89. The highest BCUT2D eigenvalue weighted by Gasteiger charge is 2.29. The molecular formula is C18H23N3O3. The minimum atomic E-state index is -0.153. The minimum absolute atomic E-state index is 0.0606. The van der Waals surface area contributed by atoms with Crippen LogP contribution in [0.3, 0.4) is 0 Å². The van der Waals surface area contributed by atoms with E-state index >= 15 is 0 Å². The molecule has 0 aliphatic carbocycles. The van der Waals surface area contributed by atoms with Gasteiger partial charge in [-0.1, -0.05) is 37.3 Å². The van der Waals surface area contributed by atoms with E-state index in [4.69, 9.17) is 9.47 Å². The zero-order chi connectivity index (χ0) is 16.8. The van der Waals surface area contributed by atoms with Gasteiger partial charge in [0.1, 0.15) is 6.10 Å². The lowest BCUT2D eigenvalue weighted by Gasteiger charge is -2.32. The number of rotatable bonds is 6. The van der Waals surface area contributed by atoms with Gasteiger partial charge in [-0.25, -0.2) is 0 Å². The maximum absolute atomic E-state index is 12.5. The molecule has 1 aromatic carbocycles. The molecule has 0 radical (unpaired) electrons. The topological polar surface area (TPSA) is 76.2 Å². The Morgan fingerprint density at radius 2 is 2.25 bits per heavy atom. The van der Waals surface area contributed by atoms with Gasteiger partial charge < -0.3 is 14.8 Å². The number of amides is 1. The summed E-state index contributed by atoms with van der Waals surface area (Å²) in [4.78, 5) is 12.5. The normalized spacial score (nSPS) is 20.7. The van der Waals surface area contributed by atoms with Gasteiger partial charge in [-0.2, -0.15) is 5.10 Å². The van der Waals surface area contributed by atoms with Gasteiger partial charge in [-0.05, 0) is 18.4 Å². The number of carbonyl (C=O) groups excluding carboxylic acids is 1. The summed E-state index contributed by atoms with van der Waals surface area (Å²) in [5.41, 5.74) is 2.56. The highest BCUT2D eigenvalue weighted by molar-refractivity contribution is 5.95. The summed E-state index contributed by atoms with van der Waals surface area (Å²) in [5, 5.41) is 9.90. The molecule has 1 aliphatic heterocycles. The van der Waals surface area contributed by atoms with Crippen molar-refractivity contribution in [3.63, 3.8) is 0 Å². The highest BCUT2D eigenvalue weighted by Crippen LogP contribution is 2.15. The fourth-order valence-electron chi connectivity index (χ4n) is 2.84. The summed E-state index contributed by atoms with van der Waals surface area (Å²) in [6.45, 7) is 3.61. The molecule has 1 amide bonds. The fraction of sp³-hybridized carbons (Fsp3) is 0.444. The van der Waals surface area contributed by atoms with E-state index in [1.54, 1.807) is 6.20 Å². The van der Waals surface area contributed by atoms with Crippen LogP contribution in [0.4, 0.5) is 0 Å². The van der Waals surface area contributed by atoms with Crippen LogP contribution in [0.2, 0.25) is 0 Å². The first-order chi connectivity index (χ1) is 11.8. The summed E-state index contributed by atoms with van der Waals surface area (Å²) in [6, 6.07) is 9.94. The molecule has 1 saturated heterocycles. The second kappa shape index (κ2) is 8.08. The molecule has 1 fully saturated rings. The molecule has 2 aromatic rings. The van der Waals surface area contributed by atoms with Crippen LogP contribution in [0.15, 0.2) is 36.5 Å². The molecule has 0 saturated carbocycles. The van der Waals surface area contributed by atoms with Crippen molar-refractivity contribution < 1.29 is 14.3 Å². The maximum atomic E-state index is 12.5. The maximum Gasteiger partial charge on any atom is 0.255 e. The Balaban J connectivity index is 1.61. The van der Waals surface area contributed by atoms with Crippen molar-refractivity contribution in [2.24, 2.45) is 0 Å². The van der Waals surface area contributed by atoms with E-state index in [1.165, 1.54) is 0 Å². The summed E-state index contributed by atoms with van der Waals surface area (Å²) in [7, 11) is 0. The van der Waals surface area contributed by atoms with Crippen LogP contribution < -0.4 is 5.32 Å². The number of carbonyl (C=O) groups is 1. The quantitative estimate of drug-likeness (QED) is 0.851. The number of benzene rings is 1. The van der Waals surface area contributed by atoms with Crippen LogP contribution in [0, 0.1) is 0 Å². The largest absolute Gasteiger partial charge is 0.379 e. The summed E-state index contributed by atoms with van der Waals surface area (Å²) in [5.74, 6) is -0.110. The van der Waals surface area contributed by atoms with Crippen LogP contribution in [0.5, 0.6) is 0 Å². The SMILES string of the molecule is CCc1[nH]ncc1C(=O)N[C@@H]1CCOC[C@H]1OCc1ccccc1. The van der Waals surface area contributed by atoms with Gasteiger partial charge in [0.25, 0.3) is 5.91 Å². The summed E-state index contributed by atoms with van der Waals surface area (Å²) >= 11 is 0. The zero-order valence-electron chi connectivity index (χ0n) is 13.8. The number of hydrogen-bond acceptors (Lipinski definition) is 4. The molecule has 6 nitrogen and oxygen atoms in total. The highest BCUT2D eigenvalue weighted by atomic mass is 16.5. The molecule has 2 N–H and O–H groups in total. The zero-order valence-corrected chi connectivity index (χ0v) is 13.8. The number of aromatic amines is 1. The van der Waals surface area contributed by atoms with Crippen molar-refractivity contribution in [2.45, 2.75) is 38.5 Å². The number of nitrogens with zero attached hydrogens (tertiary/aromatic N) is 1. The number of aromatic nitrogens is 2. The summed E-state index contributed by atoms with van der Waals surface area (Å²) in [6.07, 6.45) is 2.90. The van der Waals surface area contributed by atoms with Crippen molar-refractivity contribution in [1.29, 1.82) is 0 Å². The van der Waals surface area contributed by atoms with Crippen molar-refractivity contribution in [3.05, 3.63) is 53.3 Å². The van der Waals surface area contributed by atoms with Gasteiger partial charge in [-0.3, -0.25) is 9.89 Å². The third-order valence-corrected chi connectivity index (χ3v) is 4.24. The Morgan fingerprint density at radius 3 is 3.04 bits per heavy atom. The molecule has 6 heteroatoms. The van der Waals surface area contributed by atoms with Crippen molar-refractivity contribution in [1.82, 2.24) is 15.5 Å². The van der Waals surface area contributed by atoms with Crippen LogP contribution in [-0.2, 0) is 22.5 Å². The molecule has 0 spiro atoms. The average Bonchev–Trinajstić information content (AvgIpc) is 3.11. The van der Waals surface area contributed by atoms with Gasteiger partial charge in [0.15, 0.2) is 0 Å². The molecule has 2 heterocycles. The van der Waals surface area contributed by atoms with Gasteiger partial charge in [0, 0.05) is 12.3 Å². The predicted molar refractivity (Wildman–Crippen MR) is 89.7 cm³/mol. The molecule has 0 unspecified atom stereocenters. The summed E-state index contributed by atoms with van der Waals surface area (Å²) < 4.78 is 11.5. The minimum Gasteiger partial charge on any atom is -0.379 e. The first kappa shape index (κ1) is 16.7.